The lowest BCUT2D eigenvalue weighted by Crippen LogP contribution is -2.00. The van der Waals surface area contributed by atoms with E-state index in [2.05, 4.69) is 28.5 Å². The minimum atomic E-state index is 0.185. The van der Waals surface area contributed by atoms with E-state index >= 15 is 0 Å². The van der Waals surface area contributed by atoms with Gasteiger partial charge in [-0.1, -0.05) is 18.2 Å². The first-order valence-corrected chi connectivity index (χ1v) is 5.54. The summed E-state index contributed by atoms with van der Waals surface area (Å²) in [5.41, 5.74) is 0.810. The van der Waals surface area contributed by atoms with Crippen molar-refractivity contribution in [3.63, 3.8) is 0 Å². The first-order valence-electron chi connectivity index (χ1n) is 4.47. The maximum Gasteiger partial charge on any atom is 0.163 e. The van der Waals surface area contributed by atoms with Crippen molar-refractivity contribution in [1.29, 1.82) is 0 Å². The van der Waals surface area contributed by atoms with Crippen molar-refractivity contribution in [2.24, 2.45) is 0 Å². The van der Waals surface area contributed by atoms with Gasteiger partial charge in [0.2, 0.25) is 0 Å². The summed E-state index contributed by atoms with van der Waals surface area (Å²) in [7, 11) is 0. The minimum absolute atomic E-state index is 0.185. The Balaban J connectivity index is 2.62. The fourth-order valence-electron chi connectivity index (χ4n) is 1.17. The van der Waals surface area contributed by atoms with E-state index in [1.54, 1.807) is 0 Å². The Hall–Kier alpha value is -0.820. The van der Waals surface area contributed by atoms with Gasteiger partial charge in [0.15, 0.2) is 5.78 Å². The molecular formula is C12H11IO. The largest absolute Gasteiger partial charge is 0.294 e. The fourth-order valence-corrected chi connectivity index (χ4v) is 1.86. The van der Waals surface area contributed by atoms with Crippen LogP contribution in [0.4, 0.5) is 0 Å². The first-order chi connectivity index (χ1) is 6.75. The van der Waals surface area contributed by atoms with Crippen molar-refractivity contribution in [2.75, 3.05) is 0 Å². The van der Waals surface area contributed by atoms with E-state index in [0.717, 1.165) is 15.6 Å². The molecule has 0 aliphatic carbocycles. The molecule has 72 valence electrons. The third-order valence-electron chi connectivity index (χ3n) is 1.90. The molecule has 0 saturated heterocycles. The number of hydrogen-bond donors (Lipinski definition) is 0. The van der Waals surface area contributed by atoms with Crippen molar-refractivity contribution in [3.8, 4) is 12.3 Å². The lowest BCUT2D eigenvalue weighted by molar-refractivity contribution is 0.0980. The summed E-state index contributed by atoms with van der Waals surface area (Å²) in [6.07, 6.45) is 7.12. The summed E-state index contributed by atoms with van der Waals surface area (Å²) < 4.78 is 1.01. The normalized spacial score (nSPS) is 9.43. The molecule has 0 atom stereocenters. The molecule has 0 unspecified atom stereocenters. The SMILES string of the molecule is C#CCCCC(=O)c1ccccc1I. The molecule has 0 radical (unpaired) electrons. The van der Waals surface area contributed by atoms with E-state index in [-0.39, 0.29) is 5.78 Å². The second-order valence-electron chi connectivity index (χ2n) is 2.96. The van der Waals surface area contributed by atoms with Crippen LogP contribution in [-0.4, -0.2) is 5.78 Å². The van der Waals surface area contributed by atoms with Gasteiger partial charge in [-0.25, -0.2) is 0 Å². The van der Waals surface area contributed by atoms with Gasteiger partial charge in [0, 0.05) is 22.0 Å². The molecule has 1 nitrogen and oxygen atoms in total. The average molecular weight is 298 g/mol. The second kappa shape index (κ2) is 5.82. The van der Waals surface area contributed by atoms with Crippen LogP contribution in [0.3, 0.4) is 0 Å². The number of ketones is 1. The number of Topliss-reactive ketones (excluding diaryl/α,β-unsaturated/α-hetero) is 1. The summed E-state index contributed by atoms with van der Waals surface area (Å²) in [4.78, 5) is 11.7. The molecule has 0 aromatic heterocycles. The van der Waals surface area contributed by atoms with Gasteiger partial charge in [-0.15, -0.1) is 12.3 Å². The molecule has 1 aromatic carbocycles. The van der Waals surface area contributed by atoms with Crippen molar-refractivity contribution in [1.82, 2.24) is 0 Å². The van der Waals surface area contributed by atoms with E-state index < -0.39 is 0 Å². The molecule has 0 saturated carbocycles. The first kappa shape index (κ1) is 11.3. The zero-order valence-corrected chi connectivity index (χ0v) is 9.95. The molecule has 0 amide bonds. The third-order valence-corrected chi connectivity index (χ3v) is 2.84. The maximum atomic E-state index is 11.7. The number of rotatable bonds is 4. The highest BCUT2D eigenvalue weighted by Gasteiger charge is 2.07. The van der Waals surface area contributed by atoms with E-state index in [1.165, 1.54) is 0 Å². The van der Waals surface area contributed by atoms with Crippen LogP contribution in [0.1, 0.15) is 29.6 Å². The predicted molar refractivity (Wildman–Crippen MR) is 66.2 cm³/mol. The van der Waals surface area contributed by atoms with Crippen molar-refractivity contribution in [3.05, 3.63) is 33.4 Å². The number of terminal acetylenes is 1. The third kappa shape index (κ3) is 3.15. The minimum Gasteiger partial charge on any atom is -0.294 e. The Kier molecular flexibility index (Phi) is 4.68. The molecule has 14 heavy (non-hydrogen) atoms. The van der Waals surface area contributed by atoms with E-state index in [1.807, 2.05) is 24.3 Å². The summed E-state index contributed by atoms with van der Waals surface area (Å²) in [5.74, 6) is 2.72. The molecular weight excluding hydrogens is 287 g/mol. The highest BCUT2D eigenvalue weighted by molar-refractivity contribution is 14.1. The number of benzene rings is 1. The van der Waals surface area contributed by atoms with Gasteiger partial charge >= 0.3 is 0 Å². The molecule has 1 rings (SSSR count). The number of halogens is 1. The van der Waals surface area contributed by atoms with Gasteiger partial charge < -0.3 is 0 Å². The van der Waals surface area contributed by atoms with Crippen LogP contribution in [0.2, 0.25) is 0 Å². The number of carbonyl (C=O) groups is 1. The Bertz CT molecular complexity index is 363. The fraction of sp³-hybridized carbons (Fsp3) is 0.250. The van der Waals surface area contributed by atoms with Gasteiger partial charge in [0.25, 0.3) is 0 Å². The van der Waals surface area contributed by atoms with Crippen molar-refractivity contribution < 1.29 is 4.79 Å². The Morgan fingerprint density at radius 3 is 2.79 bits per heavy atom. The second-order valence-corrected chi connectivity index (χ2v) is 4.12. The number of hydrogen-bond acceptors (Lipinski definition) is 1. The zero-order valence-electron chi connectivity index (χ0n) is 7.79. The van der Waals surface area contributed by atoms with Crippen LogP contribution in [0.25, 0.3) is 0 Å². The molecule has 1 aromatic rings. The highest BCUT2D eigenvalue weighted by Crippen LogP contribution is 2.14. The van der Waals surface area contributed by atoms with Crippen LogP contribution >= 0.6 is 22.6 Å². The molecule has 0 aliphatic heterocycles. The molecule has 0 N–H and O–H groups in total. The highest BCUT2D eigenvalue weighted by atomic mass is 127. The quantitative estimate of drug-likeness (QED) is 0.361. The molecule has 0 spiro atoms. The van der Waals surface area contributed by atoms with Gasteiger partial charge in [-0.05, 0) is 35.1 Å². The van der Waals surface area contributed by atoms with Crippen LogP contribution in [0, 0.1) is 15.9 Å². The topological polar surface area (TPSA) is 17.1 Å². The standard InChI is InChI=1S/C12H11IO/c1-2-3-4-9-12(14)10-7-5-6-8-11(10)13/h1,5-8H,3-4,9H2. The van der Waals surface area contributed by atoms with Crippen molar-refractivity contribution >= 4 is 28.4 Å². The van der Waals surface area contributed by atoms with Crippen LogP contribution in [-0.2, 0) is 0 Å². The van der Waals surface area contributed by atoms with E-state index in [4.69, 9.17) is 6.42 Å². The molecule has 0 heterocycles. The smallest absolute Gasteiger partial charge is 0.163 e. The Morgan fingerprint density at radius 2 is 2.14 bits per heavy atom. The zero-order chi connectivity index (χ0) is 10.4. The lowest BCUT2D eigenvalue weighted by Gasteiger charge is -2.01. The summed E-state index contributed by atoms with van der Waals surface area (Å²) >= 11 is 2.18. The molecule has 0 bridgehead atoms. The van der Waals surface area contributed by atoms with Gasteiger partial charge in [-0.2, -0.15) is 0 Å². The lowest BCUT2D eigenvalue weighted by atomic mass is 10.1. The van der Waals surface area contributed by atoms with Crippen molar-refractivity contribution in [2.45, 2.75) is 19.3 Å². The van der Waals surface area contributed by atoms with Crippen LogP contribution in [0.5, 0.6) is 0 Å². The summed E-state index contributed by atoms with van der Waals surface area (Å²) in [6.45, 7) is 0. The number of unbranched alkanes of at least 4 members (excludes halogenated alkanes) is 1. The Labute approximate surface area is 98.0 Å². The molecule has 0 aliphatic rings. The summed E-state index contributed by atoms with van der Waals surface area (Å²) in [6, 6.07) is 7.62. The number of carbonyl (C=O) groups excluding carboxylic acids is 1. The van der Waals surface area contributed by atoms with Gasteiger partial charge in [-0.3, -0.25) is 4.79 Å². The van der Waals surface area contributed by atoms with E-state index in [0.29, 0.717) is 12.8 Å². The van der Waals surface area contributed by atoms with Crippen LogP contribution in [0.15, 0.2) is 24.3 Å². The molecule has 0 fully saturated rings. The van der Waals surface area contributed by atoms with E-state index in [9.17, 15) is 4.79 Å². The molecule has 2 heteroatoms. The average Bonchev–Trinajstić information content (AvgIpc) is 2.18. The summed E-state index contributed by atoms with van der Waals surface area (Å²) in [5, 5.41) is 0. The predicted octanol–water partition coefficient (Wildman–Crippen LogP) is 3.28. The van der Waals surface area contributed by atoms with Gasteiger partial charge in [0.1, 0.15) is 0 Å². The van der Waals surface area contributed by atoms with Crippen LogP contribution < -0.4 is 0 Å². The monoisotopic (exact) mass is 298 g/mol. The maximum absolute atomic E-state index is 11.7. The Morgan fingerprint density at radius 1 is 1.43 bits per heavy atom. The van der Waals surface area contributed by atoms with Gasteiger partial charge in [0.05, 0.1) is 0 Å².